The fourth-order valence-corrected chi connectivity index (χ4v) is 5.99. The maximum atomic E-state index is 12.7. The molecule has 1 aliphatic heterocycles. The van der Waals surface area contributed by atoms with Crippen molar-refractivity contribution < 1.29 is 49.0 Å². The summed E-state index contributed by atoms with van der Waals surface area (Å²) in [5, 5.41) is 40.0. The average molecular weight is 777 g/mol. The highest BCUT2D eigenvalue weighted by Gasteiger charge is 2.44. The topological polar surface area (TPSA) is 152 Å². The van der Waals surface area contributed by atoms with Crippen molar-refractivity contribution in [3.05, 3.63) is 60.8 Å². The molecule has 10 nitrogen and oxygen atoms in total. The van der Waals surface area contributed by atoms with E-state index in [1.165, 1.54) is 70.6 Å². The zero-order valence-corrected chi connectivity index (χ0v) is 34.2. The van der Waals surface area contributed by atoms with E-state index in [1.807, 2.05) is 12.2 Å². The Kier molecular flexibility index (Phi) is 32.8. The van der Waals surface area contributed by atoms with Crippen LogP contribution < -0.4 is 0 Å². The van der Waals surface area contributed by atoms with Gasteiger partial charge in [0.15, 0.2) is 12.4 Å². The fraction of sp³-hybridized carbons (Fsp3) is 0.733. The molecule has 1 rings (SSSR count). The Morgan fingerprint density at radius 3 is 1.60 bits per heavy atom. The summed E-state index contributed by atoms with van der Waals surface area (Å²) >= 11 is 0. The summed E-state index contributed by atoms with van der Waals surface area (Å²) in [7, 11) is 0. The van der Waals surface area contributed by atoms with Gasteiger partial charge in [0.1, 0.15) is 31.0 Å². The molecule has 0 amide bonds. The molecule has 4 N–H and O–H groups in total. The van der Waals surface area contributed by atoms with Crippen LogP contribution in [0.1, 0.15) is 155 Å². The van der Waals surface area contributed by atoms with Crippen LogP contribution >= 0.6 is 0 Å². The highest BCUT2D eigenvalue weighted by molar-refractivity contribution is 5.70. The molecular weight excluding hydrogens is 700 g/mol. The molecule has 2 unspecified atom stereocenters. The molecule has 316 valence electrons. The number of hydrogen-bond donors (Lipinski definition) is 4. The van der Waals surface area contributed by atoms with Gasteiger partial charge in [-0.1, -0.05) is 152 Å². The average Bonchev–Trinajstić information content (AvgIpc) is 3.18. The molecule has 0 aliphatic carbocycles. The molecule has 0 spiro atoms. The van der Waals surface area contributed by atoms with E-state index in [-0.39, 0.29) is 26.1 Å². The van der Waals surface area contributed by atoms with Crippen molar-refractivity contribution in [1.29, 1.82) is 0 Å². The predicted molar refractivity (Wildman–Crippen MR) is 219 cm³/mol. The van der Waals surface area contributed by atoms with Crippen LogP contribution in [0.3, 0.4) is 0 Å². The monoisotopic (exact) mass is 777 g/mol. The molecule has 0 saturated carbocycles. The minimum Gasteiger partial charge on any atom is -0.462 e. The summed E-state index contributed by atoms with van der Waals surface area (Å²) in [6.45, 7) is 3.29. The number of carbonyl (C=O) groups is 2. The minimum absolute atomic E-state index is 0.106. The molecule has 0 bridgehead atoms. The third-order valence-corrected chi connectivity index (χ3v) is 9.42. The van der Waals surface area contributed by atoms with E-state index in [0.29, 0.717) is 12.8 Å². The van der Waals surface area contributed by atoms with Crippen molar-refractivity contribution in [2.45, 2.75) is 192 Å². The zero-order valence-electron chi connectivity index (χ0n) is 34.2. The van der Waals surface area contributed by atoms with Gasteiger partial charge in [-0.2, -0.15) is 0 Å². The highest BCUT2D eigenvalue weighted by atomic mass is 16.7. The van der Waals surface area contributed by atoms with Gasteiger partial charge in [0.2, 0.25) is 0 Å². The third-order valence-electron chi connectivity index (χ3n) is 9.42. The number of esters is 2. The predicted octanol–water partition coefficient (Wildman–Crippen LogP) is 8.66. The van der Waals surface area contributed by atoms with Gasteiger partial charge in [0.05, 0.1) is 13.2 Å². The summed E-state index contributed by atoms with van der Waals surface area (Å²) in [5.41, 5.74) is 0. The number of unbranched alkanes of at least 4 members (excludes halogenated alkanes) is 13. The molecule has 0 radical (unpaired) electrons. The normalized spacial score (nSPS) is 21.2. The van der Waals surface area contributed by atoms with Crippen LogP contribution in [0.25, 0.3) is 0 Å². The number of allylic oxidation sites excluding steroid dienone is 10. The second kappa shape index (κ2) is 35.8. The van der Waals surface area contributed by atoms with Crippen LogP contribution in [0.5, 0.6) is 0 Å². The van der Waals surface area contributed by atoms with Crippen LogP contribution in [0, 0.1) is 0 Å². The van der Waals surface area contributed by atoms with Crippen LogP contribution in [0.15, 0.2) is 60.8 Å². The molecule has 55 heavy (non-hydrogen) atoms. The maximum Gasteiger partial charge on any atom is 0.306 e. The lowest BCUT2D eigenvalue weighted by molar-refractivity contribution is -0.305. The van der Waals surface area contributed by atoms with E-state index in [0.717, 1.165) is 44.9 Å². The molecule has 1 saturated heterocycles. The summed E-state index contributed by atoms with van der Waals surface area (Å²) in [6, 6.07) is 0. The van der Waals surface area contributed by atoms with Crippen LogP contribution in [-0.2, 0) is 28.5 Å². The maximum absolute atomic E-state index is 12.7. The summed E-state index contributed by atoms with van der Waals surface area (Å²) in [6.07, 6.45) is 35.3. The Hall–Kier alpha value is -2.60. The lowest BCUT2D eigenvalue weighted by Gasteiger charge is -2.39. The molecule has 0 aromatic rings. The van der Waals surface area contributed by atoms with E-state index >= 15 is 0 Å². The van der Waals surface area contributed by atoms with E-state index < -0.39 is 55.4 Å². The Bertz CT molecular complexity index is 1080. The zero-order chi connectivity index (χ0) is 40.2. The molecule has 1 aliphatic rings. The lowest BCUT2D eigenvalue weighted by atomic mass is 9.99. The Balaban J connectivity index is 2.42. The first-order valence-electron chi connectivity index (χ1n) is 21.4. The smallest absolute Gasteiger partial charge is 0.306 e. The van der Waals surface area contributed by atoms with Gasteiger partial charge in [-0.05, 0) is 51.4 Å². The Labute approximate surface area is 332 Å². The van der Waals surface area contributed by atoms with Crippen molar-refractivity contribution in [2.75, 3.05) is 19.8 Å². The molecule has 6 atom stereocenters. The van der Waals surface area contributed by atoms with Crippen molar-refractivity contribution in [2.24, 2.45) is 0 Å². The SMILES string of the molecule is CCCCC/C=C/C/C=C/C/C=C/C/C=C/C/C=C/CCC(=O)O[C@H](COC(=O)CCCCCCCCCCCCC)CO[C@@H]1O[C@H](CO)[C@H](O)C(O)C1O. The van der Waals surface area contributed by atoms with Crippen molar-refractivity contribution in [3.8, 4) is 0 Å². The largest absolute Gasteiger partial charge is 0.462 e. The Morgan fingerprint density at radius 2 is 1.05 bits per heavy atom. The van der Waals surface area contributed by atoms with E-state index in [1.54, 1.807) is 0 Å². The third kappa shape index (κ3) is 27.6. The summed E-state index contributed by atoms with van der Waals surface area (Å²) in [5.74, 6) is -0.907. The van der Waals surface area contributed by atoms with Crippen LogP contribution in [0.4, 0.5) is 0 Å². The molecule has 0 aromatic carbocycles. The second-order valence-electron chi connectivity index (χ2n) is 14.4. The summed E-state index contributed by atoms with van der Waals surface area (Å²) < 4.78 is 22.0. The highest BCUT2D eigenvalue weighted by Crippen LogP contribution is 2.22. The van der Waals surface area contributed by atoms with Gasteiger partial charge in [-0.15, -0.1) is 0 Å². The number of carbonyl (C=O) groups excluding carboxylic acids is 2. The van der Waals surface area contributed by atoms with Crippen molar-refractivity contribution >= 4 is 11.9 Å². The first-order valence-corrected chi connectivity index (χ1v) is 21.4. The standard InChI is InChI=1S/C45H76O10/c1-3-5-7-9-11-13-15-16-17-18-19-20-21-22-24-26-28-30-32-34-41(48)54-38(37-53-45-44(51)43(50)42(49)39(35-46)55-45)36-52-40(47)33-31-29-27-25-23-14-12-10-8-6-4-2/h11,13,16-17,19-20,22,24,28,30,38-39,42-46,49-51H,3-10,12,14-15,18,21,23,25-27,29,31-37H2,1-2H3/b13-11+,17-16+,20-19+,24-22+,30-28+/t38-,39-,42+,43?,44?,45-/m1/s1. The minimum atomic E-state index is -1.61. The quantitative estimate of drug-likeness (QED) is 0.0284. The van der Waals surface area contributed by atoms with Gasteiger partial charge >= 0.3 is 11.9 Å². The molecule has 0 aromatic heterocycles. The van der Waals surface area contributed by atoms with E-state index in [4.69, 9.17) is 18.9 Å². The molecule has 1 heterocycles. The van der Waals surface area contributed by atoms with E-state index in [9.17, 15) is 30.0 Å². The van der Waals surface area contributed by atoms with Gasteiger partial charge < -0.3 is 39.4 Å². The van der Waals surface area contributed by atoms with Crippen LogP contribution in [0.2, 0.25) is 0 Å². The van der Waals surface area contributed by atoms with Crippen molar-refractivity contribution in [3.63, 3.8) is 0 Å². The number of aliphatic hydroxyl groups is 4. The molecule has 1 fully saturated rings. The number of ether oxygens (including phenoxy) is 4. The van der Waals surface area contributed by atoms with E-state index in [2.05, 4.69) is 62.5 Å². The second-order valence-corrected chi connectivity index (χ2v) is 14.4. The summed E-state index contributed by atoms with van der Waals surface area (Å²) in [4.78, 5) is 25.2. The first-order chi connectivity index (χ1) is 26.8. The number of aliphatic hydroxyl groups excluding tert-OH is 4. The van der Waals surface area contributed by atoms with Gasteiger partial charge in [0, 0.05) is 12.8 Å². The number of rotatable bonds is 34. The van der Waals surface area contributed by atoms with Crippen molar-refractivity contribution in [1.82, 2.24) is 0 Å². The van der Waals surface area contributed by atoms with Gasteiger partial charge in [0.25, 0.3) is 0 Å². The van der Waals surface area contributed by atoms with Crippen LogP contribution in [-0.4, -0.2) is 89.0 Å². The van der Waals surface area contributed by atoms with Gasteiger partial charge in [-0.25, -0.2) is 0 Å². The first kappa shape index (κ1) is 50.4. The van der Waals surface area contributed by atoms with Gasteiger partial charge in [-0.3, -0.25) is 9.59 Å². The number of hydrogen-bond acceptors (Lipinski definition) is 10. The lowest BCUT2D eigenvalue weighted by Crippen LogP contribution is -2.59. The Morgan fingerprint density at radius 1 is 0.564 bits per heavy atom. The molecule has 10 heteroatoms. The fourth-order valence-electron chi connectivity index (χ4n) is 5.99. The molecular formula is C45H76O10.